The van der Waals surface area contributed by atoms with Crippen LogP contribution in [0.4, 0.5) is 0 Å². The van der Waals surface area contributed by atoms with E-state index in [0.717, 1.165) is 14.7 Å². The number of nitrogens with zero attached hydrogens (tertiary/aromatic N) is 1. The Labute approximate surface area is 161 Å². The lowest BCUT2D eigenvalue weighted by molar-refractivity contribution is -0.123. The van der Waals surface area contributed by atoms with Crippen LogP contribution in [0.25, 0.3) is 0 Å². The summed E-state index contributed by atoms with van der Waals surface area (Å²) in [5.41, 5.74) is 2.76. The molecule has 0 radical (unpaired) electrons. The summed E-state index contributed by atoms with van der Waals surface area (Å²) in [6, 6.07) is 27.4. The van der Waals surface area contributed by atoms with Crippen molar-refractivity contribution in [3.63, 3.8) is 0 Å². The largest absolute Gasteiger partial charge is 0.363 e. The van der Waals surface area contributed by atoms with Gasteiger partial charge in [0.15, 0.2) is 0 Å². The van der Waals surface area contributed by atoms with Crippen LogP contribution in [0.5, 0.6) is 0 Å². The molecule has 0 heterocycles. The average Bonchev–Trinajstić information content (AvgIpc) is 2.63. The quantitative estimate of drug-likeness (QED) is 0.394. The number of carbonyl (C=O) groups is 1. The second kappa shape index (κ2) is 8.78. The first-order valence-corrected chi connectivity index (χ1v) is 9.10. The van der Waals surface area contributed by atoms with Crippen LogP contribution in [0.15, 0.2) is 84.9 Å². The smallest absolute Gasteiger partial charge is 0.358 e. The van der Waals surface area contributed by atoms with Gasteiger partial charge in [0.1, 0.15) is 0 Å². The second-order valence-corrected chi connectivity index (χ2v) is 6.79. The molecule has 0 atom stereocenters. The van der Waals surface area contributed by atoms with E-state index in [9.17, 15) is 4.79 Å². The fourth-order valence-corrected chi connectivity index (χ4v) is 3.10. The third-order valence-corrected chi connectivity index (χ3v) is 4.65. The molecule has 3 aromatic rings. The summed E-state index contributed by atoms with van der Waals surface area (Å²) in [6.45, 7) is 1.07. The van der Waals surface area contributed by atoms with Gasteiger partial charge in [-0.2, -0.15) is 0 Å². The molecule has 3 nitrogen and oxygen atoms in total. The molecule has 0 aliphatic heterocycles. The molecule has 4 heteroatoms. The molecule has 0 aromatic heterocycles. The van der Waals surface area contributed by atoms with Gasteiger partial charge in [0.05, 0.1) is 18.7 Å². The van der Waals surface area contributed by atoms with Gasteiger partial charge < -0.3 is 4.84 Å². The third kappa shape index (κ3) is 5.14. The Morgan fingerprint density at radius 3 is 1.76 bits per heavy atom. The minimum Gasteiger partial charge on any atom is -0.363 e. The predicted molar refractivity (Wildman–Crippen MR) is 107 cm³/mol. The third-order valence-electron chi connectivity index (χ3n) is 3.71. The Hall–Kier alpha value is -2.18. The number of halogens is 1. The highest BCUT2D eigenvalue weighted by atomic mass is 127. The van der Waals surface area contributed by atoms with Crippen molar-refractivity contribution in [1.29, 1.82) is 0 Å². The fourth-order valence-electron chi connectivity index (χ4n) is 2.49. The van der Waals surface area contributed by atoms with E-state index in [-0.39, 0.29) is 5.97 Å². The summed E-state index contributed by atoms with van der Waals surface area (Å²) in [4.78, 5) is 18.3. The zero-order chi connectivity index (χ0) is 17.5. The number of carbonyl (C=O) groups excluding carboxylic acids is 1. The first kappa shape index (κ1) is 17.6. The molecule has 126 valence electrons. The molecule has 0 bridgehead atoms. The summed E-state index contributed by atoms with van der Waals surface area (Å²) in [7, 11) is 0. The van der Waals surface area contributed by atoms with Crippen molar-refractivity contribution < 1.29 is 9.63 Å². The lowest BCUT2D eigenvalue weighted by Crippen LogP contribution is -2.27. The van der Waals surface area contributed by atoms with Gasteiger partial charge in [-0.1, -0.05) is 72.8 Å². The molecule has 0 aliphatic carbocycles. The first-order valence-electron chi connectivity index (χ1n) is 8.02. The topological polar surface area (TPSA) is 29.5 Å². The Balaban J connectivity index is 1.78. The van der Waals surface area contributed by atoms with E-state index >= 15 is 0 Å². The van der Waals surface area contributed by atoms with Crippen LogP contribution in [0, 0.1) is 3.57 Å². The maximum atomic E-state index is 12.6. The van der Waals surface area contributed by atoms with Gasteiger partial charge in [-0.3, -0.25) is 0 Å². The zero-order valence-electron chi connectivity index (χ0n) is 13.6. The lowest BCUT2D eigenvalue weighted by Gasteiger charge is -2.22. The Morgan fingerprint density at radius 2 is 1.24 bits per heavy atom. The average molecular weight is 443 g/mol. The molecule has 25 heavy (non-hydrogen) atoms. The van der Waals surface area contributed by atoms with E-state index in [0.29, 0.717) is 18.7 Å². The van der Waals surface area contributed by atoms with E-state index in [1.165, 1.54) is 0 Å². The molecule has 0 N–H and O–H groups in total. The van der Waals surface area contributed by atoms with Crippen LogP contribution < -0.4 is 0 Å². The maximum Gasteiger partial charge on any atom is 0.358 e. The van der Waals surface area contributed by atoms with Crippen molar-refractivity contribution in [2.24, 2.45) is 0 Å². The second-order valence-electron chi connectivity index (χ2n) is 5.63. The molecule has 3 aromatic carbocycles. The summed E-state index contributed by atoms with van der Waals surface area (Å²) >= 11 is 2.15. The predicted octanol–water partition coefficient (Wildman–Crippen LogP) is 5.07. The Bertz CT molecular complexity index is 780. The normalized spacial score (nSPS) is 10.6. The van der Waals surface area contributed by atoms with Crippen molar-refractivity contribution in [3.8, 4) is 0 Å². The van der Waals surface area contributed by atoms with Crippen molar-refractivity contribution in [2.75, 3.05) is 0 Å². The summed E-state index contributed by atoms with van der Waals surface area (Å²) in [6.07, 6.45) is 0. The summed E-state index contributed by atoms with van der Waals surface area (Å²) in [5, 5.41) is 1.70. The number of hydrogen-bond acceptors (Lipinski definition) is 3. The van der Waals surface area contributed by atoms with Gasteiger partial charge in [-0.25, -0.2) is 4.79 Å². The van der Waals surface area contributed by atoms with Gasteiger partial charge in [0.25, 0.3) is 0 Å². The van der Waals surface area contributed by atoms with Crippen LogP contribution in [0.3, 0.4) is 0 Å². The maximum absolute atomic E-state index is 12.6. The van der Waals surface area contributed by atoms with Crippen molar-refractivity contribution in [2.45, 2.75) is 13.1 Å². The van der Waals surface area contributed by atoms with Gasteiger partial charge in [-0.05, 0) is 45.9 Å². The highest BCUT2D eigenvalue weighted by Crippen LogP contribution is 2.16. The minimum absolute atomic E-state index is 0.336. The monoisotopic (exact) mass is 443 g/mol. The SMILES string of the molecule is O=C(ON(Cc1ccccc1)Cc1ccccc1)c1ccccc1I. The Kier molecular flexibility index (Phi) is 6.19. The van der Waals surface area contributed by atoms with E-state index in [1.54, 1.807) is 11.1 Å². The van der Waals surface area contributed by atoms with E-state index in [2.05, 4.69) is 22.6 Å². The molecular formula is C21H18INO2. The van der Waals surface area contributed by atoms with Crippen LogP contribution in [-0.4, -0.2) is 11.0 Å². The van der Waals surface area contributed by atoms with Crippen molar-refractivity contribution >= 4 is 28.6 Å². The fraction of sp³-hybridized carbons (Fsp3) is 0.0952. The van der Waals surface area contributed by atoms with Crippen LogP contribution in [-0.2, 0) is 17.9 Å². The van der Waals surface area contributed by atoms with Gasteiger partial charge in [-0.15, -0.1) is 5.06 Å². The van der Waals surface area contributed by atoms with Crippen LogP contribution in [0.2, 0.25) is 0 Å². The standard InChI is InChI=1S/C21H18INO2/c22-20-14-8-7-13-19(20)21(24)25-23(15-17-9-3-1-4-10-17)16-18-11-5-2-6-12-18/h1-14H,15-16H2. The van der Waals surface area contributed by atoms with E-state index in [4.69, 9.17) is 4.84 Å². The first-order chi connectivity index (χ1) is 12.2. The lowest BCUT2D eigenvalue weighted by atomic mass is 10.2. The van der Waals surface area contributed by atoms with Crippen molar-refractivity contribution in [1.82, 2.24) is 5.06 Å². The van der Waals surface area contributed by atoms with Gasteiger partial charge >= 0.3 is 5.97 Å². The van der Waals surface area contributed by atoms with Crippen LogP contribution in [0.1, 0.15) is 21.5 Å². The molecule has 0 aliphatic rings. The van der Waals surface area contributed by atoms with Crippen LogP contribution >= 0.6 is 22.6 Å². The molecule has 0 amide bonds. The molecule has 0 spiro atoms. The number of hydrogen-bond donors (Lipinski definition) is 0. The van der Waals surface area contributed by atoms with Gasteiger partial charge in [0.2, 0.25) is 0 Å². The minimum atomic E-state index is -0.336. The molecular weight excluding hydrogens is 425 g/mol. The van der Waals surface area contributed by atoms with E-state index in [1.807, 2.05) is 78.9 Å². The Morgan fingerprint density at radius 1 is 0.760 bits per heavy atom. The molecule has 0 saturated heterocycles. The van der Waals surface area contributed by atoms with E-state index < -0.39 is 0 Å². The summed E-state index contributed by atoms with van der Waals surface area (Å²) < 4.78 is 0.879. The highest BCUT2D eigenvalue weighted by molar-refractivity contribution is 14.1. The molecule has 3 rings (SSSR count). The molecule has 0 unspecified atom stereocenters. The number of benzene rings is 3. The number of hydroxylamine groups is 2. The highest BCUT2D eigenvalue weighted by Gasteiger charge is 2.17. The molecule has 0 fully saturated rings. The zero-order valence-corrected chi connectivity index (χ0v) is 15.8. The summed E-state index contributed by atoms with van der Waals surface area (Å²) in [5.74, 6) is -0.336. The van der Waals surface area contributed by atoms with Gasteiger partial charge in [0, 0.05) is 3.57 Å². The molecule has 0 saturated carbocycles. The van der Waals surface area contributed by atoms with Crippen molar-refractivity contribution in [3.05, 3.63) is 105 Å². The number of rotatable bonds is 6.